The van der Waals surface area contributed by atoms with Crippen LogP contribution < -0.4 is 16.0 Å². The van der Waals surface area contributed by atoms with Crippen molar-refractivity contribution < 1.29 is 14.3 Å². The number of nitrogens with zero attached hydrogens (tertiary/aromatic N) is 1. The van der Waals surface area contributed by atoms with Gasteiger partial charge in [-0.05, 0) is 25.0 Å². The minimum Gasteiger partial charge on any atom is -0.378 e. The van der Waals surface area contributed by atoms with Gasteiger partial charge in [0.15, 0.2) is 5.13 Å². The van der Waals surface area contributed by atoms with Gasteiger partial charge < -0.3 is 20.7 Å². The Morgan fingerprint density at radius 2 is 2.04 bits per heavy atom. The van der Waals surface area contributed by atoms with Gasteiger partial charge >= 0.3 is 0 Å². The summed E-state index contributed by atoms with van der Waals surface area (Å²) in [7, 11) is 0. The molecule has 0 radical (unpaired) electrons. The van der Waals surface area contributed by atoms with Gasteiger partial charge in [-0.1, -0.05) is 12.1 Å². The number of aromatic nitrogens is 1. The van der Waals surface area contributed by atoms with Crippen LogP contribution in [0.25, 0.3) is 11.3 Å². The second-order valence-corrected chi connectivity index (χ2v) is 7.29. The molecule has 7 nitrogen and oxygen atoms in total. The van der Waals surface area contributed by atoms with Crippen LogP contribution in [0.15, 0.2) is 29.6 Å². The van der Waals surface area contributed by atoms with Gasteiger partial charge in [-0.25, -0.2) is 4.98 Å². The van der Waals surface area contributed by atoms with Gasteiger partial charge in [0, 0.05) is 29.1 Å². The largest absolute Gasteiger partial charge is 0.378 e. The summed E-state index contributed by atoms with van der Waals surface area (Å²) >= 11 is 1.37. The van der Waals surface area contributed by atoms with Crippen molar-refractivity contribution in [2.24, 2.45) is 0 Å². The summed E-state index contributed by atoms with van der Waals surface area (Å²) < 4.78 is 5.30. The highest BCUT2D eigenvalue weighted by atomic mass is 32.1. The minimum absolute atomic E-state index is 0.0347. The van der Waals surface area contributed by atoms with Crippen LogP contribution in [-0.2, 0) is 9.53 Å². The molecule has 1 saturated carbocycles. The van der Waals surface area contributed by atoms with E-state index in [-0.39, 0.29) is 17.9 Å². The topological polar surface area (TPSA) is 92.4 Å². The summed E-state index contributed by atoms with van der Waals surface area (Å²) in [6, 6.07) is 7.34. The van der Waals surface area contributed by atoms with Crippen LogP contribution in [0.4, 0.5) is 5.13 Å². The molecule has 3 N–H and O–H groups in total. The van der Waals surface area contributed by atoms with Gasteiger partial charge in [0.25, 0.3) is 5.91 Å². The Hall–Kier alpha value is -2.29. The number of rotatable bonds is 5. The first-order chi connectivity index (χ1) is 12.7. The van der Waals surface area contributed by atoms with Crippen LogP contribution in [0.1, 0.15) is 23.2 Å². The number of anilines is 1. The molecule has 0 unspecified atom stereocenters. The van der Waals surface area contributed by atoms with Crippen molar-refractivity contribution in [1.29, 1.82) is 0 Å². The molecule has 0 bridgehead atoms. The fourth-order valence-electron chi connectivity index (χ4n) is 2.68. The average molecular weight is 372 g/mol. The Labute approximate surface area is 155 Å². The lowest BCUT2D eigenvalue weighted by atomic mass is 10.1. The summed E-state index contributed by atoms with van der Waals surface area (Å²) in [4.78, 5) is 28.7. The molecule has 26 heavy (non-hydrogen) atoms. The lowest BCUT2D eigenvalue weighted by Crippen LogP contribution is -2.48. The van der Waals surface area contributed by atoms with E-state index in [0.717, 1.165) is 24.1 Å². The van der Waals surface area contributed by atoms with Crippen molar-refractivity contribution in [1.82, 2.24) is 15.6 Å². The minimum atomic E-state index is -0.347. The third-order valence-corrected chi connectivity index (χ3v) is 5.09. The van der Waals surface area contributed by atoms with E-state index in [2.05, 4.69) is 20.9 Å². The molecule has 1 aliphatic carbocycles. The fourth-order valence-corrected chi connectivity index (χ4v) is 3.40. The van der Waals surface area contributed by atoms with Crippen LogP contribution in [0.2, 0.25) is 0 Å². The standard InChI is InChI=1S/C18H20N4O3S/c23-16(20-13-5-6-13)12-3-1-11(2-4-12)15-10-26-18(21-15)22-17(24)14-9-25-8-7-19-14/h1-4,10,13-14,19H,5-9H2,(H,20,23)(H,21,22,24)/t14-/m0/s1. The third kappa shape index (κ3) is 4.09. The maximum atomic E-state index is 12.2. The van der Waals surface area contributed by atoms with Gasteiger partial charge in [0.1, 0.15) is 6.04 Å². The molecule has 1 aromatic carbocycles. The molecule has 4 rings (SSSR count). The summed E-state index contributed by atoms with van der Waals surface area (Å²) in [5.74, 6) is -0.176. The highest BCUT2D eigenvalue weighted by Gasteiger charge is 2.24. The Morgan fingerprint density at radius 3 is 2.73 bits per heavy atom. The molecule has 2 aliphatic rings. The molecule has 1 aliphatic heterocycles. The molecule has 136 valence electrons. The number of hydrogen-bond donors (Lipinski definition) is 3. The van der Waals surface area contributed by atoms with Crippen molar-refractivity contribution in [3.63, 3.8) is 0 Å². The van der Waals surface area contributed by atoms with Crippen LogP contribution >= 0.6 is 11.3 Å². The Balaban J connectivity index is 1.39. The van der Waals surface area contributed by atoms with Crippen LogP contribution in [0.5, 0.6) is 0 Å². The second kappa shape index (κ2) is 7.53. The number of amides is 2. The molecule has 1 saturated heterocycles. The van der Waals surface area contributed by atoms with E-state index in [4.69, 9.17) is 4.74 Å². The smallest absolute Gasteiger partial charge is 0.251 e. The van der Waals surface area contributed by atoms with E-state index in [9.17, 15) is 9.59 Å². The van der Waals surface area contributed by atoms with Crippen molar-refractivity contribution in [3.05, 3.63) is 35.2 Å². The first-order valence-corrected chi connectivity index (χ1v) is 9.56. The number of carbonyl (C=O) groups excluding carboxylic acids is 2. The molecule has 1 aromatic heterocycles. The Kier molecular flexibility index (Phi) is 4.96. The number of carbonyl (C=O) groups is 2. The first-order valence-electron chi connectivity index (χ1n) is 8.68. The Morgan fingerprint density at radius 1 is 1.23 bits per heavy atom. The summed E-state index contributed by atoms with van der Waals surface area (Å²) in [5.41, 5.74) is 2.32. The highest BCUT2D eigenvalue weighted by molar-refractivity contribution is 7.14. The van der Waals surface area contributed by atoms with E-state index in [1.807, 2.05) is 17.5 Å². The number of benzene rings is 1. The van der Waals surface area contributed by atoms with E-state index >= 15 is 0 Å². The molecule has 8 heteroatoms. The van der Waals surface area contributed by atoms with Gasteiger partial charge in [-0.3, -0.25) is 9.59 Å². The third-order valence-electron chi connectivity index (χ3n) is 4.33. The number of hydrogen-bond acceptors (Lipinski definition) is 6. The van der Waals surface area contributed by atoms with Gasteiger partial charge in [0.05, 0.1) is 18.9 Å². The predicted molar refractivity (Wildman–Crippen MR) is 99.3 cm³/mol. The van der Waals surface area contributed by atoms with Crippen LogP contribution in [0, 0.1) is 0 Å². The Bertz CT molecular complexity index is 795. The molecule has 2 amide bonds. The number of nitrogens with one attached hydrogen (secondary N) is 3. The zero-order valence-electron chi connectivity index (χ0n) is 14.2. The summed E-state index contributed by atoms with van der Waals surface area (Å²) in [6.45, 7) is 1.66. The van der Waals surface area contributed by atoms with Crippen LogP contribution in [0.3, 0.4) is 0 Å². The van der Waals surface area contributed by atoms with E-state index in [1.165, 1.54) is 11.3 Å². The zero-order valence-corrected chi connectivity index (χ0v) is 15.0. The predicted octanol–water partition coefficient (Wildman–Crippen LogP) is 1.63. The van der Waals surface area contributed by atoms with Crippen LogP contribution in [-0.4, -0.2) is 48.6 Å². The monoisotopic (exact) mass is 372 g/mol. The lowest BCUT2D eigenvalue weighted by Gasteiger charge is -2.22. The van der Waals surface area contributed by atoms with E-state index in [0.29, 0.717) is 36.5 Å². The molecule has 2 fully saturated rings. The maximum absolute atomic E-state index is 12.2. The average Bonchev–Trinajstić information content (AvgIpc) is 3.37. The molecular weight excluding hydrogens is 352 g/mol. The van der Waals surface area contributed by atoms with Crippen molar-refractivity contribution in [2.45, 2.75) is 24.9 Å². The van der Waals surface area contributed by atoms with Gasteiger partial charge in [-0.15, -0.1) is 11.3 Å². The van der Waals surface area contributed by atoms with Crippen molar-refractivity contribution in [2.75, 3.05) is 25.1 Å². The fraction of sp³-hybridized carbons (Fsp3) is 0.389. The zero-order chi connectivity index (χ0) is 17.9. The molecule has 2 aromatic rings. The molecule has 2 heterocycles. The number of thiazole rings is 1. The molecular formula is C18H20N4O3S. The van der Waals surface area contributed by atoms with Gasteiger partial charge in [0.2, 0.25) is 5.91 Å². The summed E-state index contributed by atoms with van der Waals surface area (Å²) in [6.07, 6.45) is 2.14. The second-order valence-electron chi connectivity index (χ2n) is 6.43. The summed E-state index contributed by atoms with van der Waals surface area (Å²) in [5, 5.41) is 11.3. The van der Waals surface area contributed by atoms with E-state index in [1.54, 1.807) is 12.1 Å². The lowest BCUT2D eigenvalue weighted by molar-refractivity contribution is -0.120. The quantitative estimate of drug-likeness (QED) is 0.742. The normalized spacial score (nSPS) is 19.8. The number of morpholine rings is 1. The molecule has 1 atom stereocenters. The van der Waals surface area contributed by atoms with Crippen molar-refractivity contribution >= 4 is 28.3 Å². The van der Waals surface area contributed by atoms with Gasteiger partial charge in [-0.2, -0.15) is 0 Å². The number of ether oxygens (including phenoxy) is 1. The highest BCUT2D eigenvalue weighted by Crippen LogP contribution is 2.26. The van der Waals surface area contributed by atoms with Crippen molar-refractivity contribution in [3.8, 4) is 11.3 Å². The molecule has 0 spiro atoms. The van der Waals surface area contributed by atoms with E-state index < -0.39 is 0 Å². The SMILES string of the molecule is O=C(NC1CC1)c1ccc(-c2csc(NC(=O)[C@@H]3COCCN3)n2)cc1. The maximum Gasteiger partial charge on any atom is 0.251 e. The first kappa shape index (κ1) is 17.1.